The first-order valence-corrected chi connectivity index (χ1v) is 6.54. The lowest BCUT2D eigenvalue weighted by molar-refractivity contribution is 0.672. The van der Waals surface area contributed by atoms with Crippen molar-refractivity contribution in [2.24, 2.45) is 0 Å². The van der Waals surface area contributed by atoms with Crippen LogP contribution in [-0.2, 0) is 10.8 Å². The fourth-order valence-electron chi connectivity index (χ4n) is 1.05. The summed E-state index contributed by atoms with van der Waals surface area (Å²) in [7, 11) is -0.792. The number of hydrogen-bond acceptors (Lipinski definition) is 5. The van der Waals surface area contributed by atoms with Crippen molar-refractivity contribution in [3.05, 3.63) is 18.1 Å². The predicted molar refractivity (Wildman–Crippen MR) is 63.4 cm³/mol. The van der Waals surface area contributed by atoms with E-state index in [2.05, 4.69) is 15.3 Å². The van der Waals surface area contributed by atoms with E-state index in [0.717, 1.165) is 6.42 Å². The molecular formula is C10H14N4OS. The molecule has 86 valence electrons. The smallest absolute Gasteiger partial charge is 0.158 e. The largest absolute Gasteiger partial charge is 0.369 e. The molecule has 0 radical (unpaired) electrons. The predicted octanol–water partition coefficient (Wildman–Crippen LogP) is 0.917. The standard InChI is InChI=1S/C10H14N4OS/c1-8(16(2)15)3-4-12-10-7-13-9(5-11)6-14-10/h6-8H,3-4H2,1-2H3,(H,12,14). The van der Waals surface area contributed by atoms with Crippen molar-refractivity contribution in [2.75, 3.05) is 18.1 Å². The maximum atomic E-state index is 11.1. The van der Waals surface area contributed by atoms with E-state index in [1.54, 1.807) is 6.26 Å². The maximum Gasteiger partial charge on any atom is 0.158 e. The van der Waals surface area contributed by atoms with Crippen LogP contribution in [0.2, 0.25) is 0 Å². The van der Waals surface area contributed by atoms with Gasteiger partial charge in [-0.15, -0.1) is 0 Å². The molecule has 1 aromatic heterocycles. The van der Waals surface area contributed by atoms with Crippen LogP contribution in [0.15, 0.2) is 12.4 Å². The van der Waals surface area contributed by atoms with Crippen molar-refractivity contribution in [3.8, 4) is 6.07 Å². The number of nitrogens with zero attached hydrogens (tertiary/aromatic N) is 3. The molecule has 0 bridgehead atoms. The van der Waals surface area contributed by atoms with Gasteiger partial charge in [0.15, 0.2) is 5.69 Å². The Morgan fingerprint density at radius 1 is 1.56 bits per heavy atom. The highest BCUT2D eigenvalue weighted by atomic mass is 32.2. The van der Waals surface area contributed by atoms with Gasteiger partial charge >= 0.3 is 0 Å². The SMILES string of the molecule is CC(CCNc1cnc(C#N)cn1)S(C)=O. The second-order valence-corrected chi connectivity index (χ2v) is 5.23. The van der Waals surface area contributed by atoms with Gasteiger partial charge in [-0.05, 0) is 6.42 Å². The Balaban J connectivity index is 2.38. The summed E-state index contributed by atoms with van der Waals surface area (Å²) in [5.74, 6) is 0.632. The highest BCUT2D eigenvalue weighted by molar-refractivity contribution is 7.84. The minimum atomic E-state index is -0.792. The van der Waals surface area contributed by atoms with E-state index in [-0.39, 0.29) is 5.25 Å². The molecule has 0 saturated carbocycles. The number of hydrogen-bond donors (Lipinski definition) is 1. The first-order valence-electron chi connectivity index (χ1n) is 4.91. The van der Waals surface area contributed by atoms with Gasteiger partial charge in [0.25, 0.3) is 0 Å². The fourth-order valence-corrected chi connectivity index (χ4v) is 1.50. The Kier molecular flexibility index (Phi) is 4.86. The van der Waals surface area contributed by atoms with Gasteiger partial charge in [0, 0.05) is 28.9 Å². The maximum absolute atomic E-state index is 11.1. The number of rotatable bonds is 5. The number of nitriles is 1. The van der Waals surface area contributed by atoms with Crippen LogP contribution in [0.5, 0.6) is 0 Å². The average Bonchev–Trinajstić information content (AvgIpc) is 2.29. The second-order valence-electron chi connectivity index (χ2n) is 3.42. The van der Waals surface area contributed by atoms with Crippen LogP contribution in [0.4, 0.5) is 5.82 Å². The van der Waals surface area contributed by atoms with E-state index in [4.69, 9.17) is 5.26 Å². The molecule has 1 heterocycles. The van der Waals surface area contributed by atoms with Gasteiger partial charge in [-0.2, -0.15) is 5.26 Å². The van der Waals surface area contributed by atoms with Crippen LogP contribution in [-0.4, -0.2) is 32.2 Å². The molecule has 0 aliphatic heterocycles. The van der Waals surface area contributed by atoms with Crippen molar-refractivity contribution in [3.63, 3.8) is 0 Å². The van der Waals surface area contributed by atoms with Gasteiger partial charge in [0.1, 0.15) is 11.9 Å². The summed E-state index contributed by atoms with van der Waals surface area (Å²) in [6.07, 6.45) is 5.45. The summed E-state index contributed by atoms with van der Waals surface area (Å²) in [5, 5.41) is 11.8. The molecule has 0 saturated heterocycles. The van der Waals surface area contributed by atoms with Crippen molar-refractivity contribution >= 4 is 16.6 Å². The highest BCUT2D eigenvalue weighted by Gasteiger charge is 2.05. The van der Waals surface area contributed by atoms with E-state index in [1.165, 1.54) is 12.4 Å². The van der Waals surface area contributed by atoms with Gasteiger partial charge < -0.3 is 5.32 Å². The molecule has 0 spiro atoms. The highest BCUT2D eigenvalue weighted by Crippen LogP contribution is 2.03. The van der Waals surface area contributed by atoms with E-state index in [1.807, 2.05) is 13.0 Å². The number of aromatic nitrogens is 2. The molecule has 16 heavy (non-hydrogen) atoms. The molecule has 0 aliphatic rings. The Morgan fingerprint density at radius 2 is 2.31 bits per heavy atom. The zero-order chi connectivity index (χ0) is 12.0. The summed E-state index contributed by atoms with van der Waals surface area (Å²) < 4.78 is 11.1. The van der Waals surface area contributed by atoms with Crippen molar-refractivity contribution in [1.29, 1.82) is 5.26 Å². The third kappa shape index (κ3) is 3.95. The quantitative estimate of drug-likeness (QED) is 0.825. The summed E-state index contributed by atoms with van der Waals surface area (Å²) >= 11 is 0. The number of nitrogens with one attached hydrogen (secondary N) is 1. The molecule has 0 aliphatic carbocycles. The second kappa shape index (κ2) is 6.18. The summed E-state index contributed by atoms with van der Waals surface area (Å²) in [6, 6.07) is 1.90. The van der Waals surface area contributed by atoms with Crippen LogP contribution in [0.1, 0.15) is 19.0 Å². The van der Waals surface area contributed by atoms with Crippen LogP contribution >= 0.6 is 0 Å². The van der Waals surface area contributed by atoms with E-state index < -0.39 is 10.8 Å². The molecule has 0 fully saturated rings. The monoisotopic (exact) mass is 238 g/mol. The number of anilines is 1. The molecular weight excluding hydrogens is 224 g/mol. The fraction of sp³-hybridized carbons (Fsp3) is 0.500. The van der Waals surface area contributed by atoms with Crippen LogP contribution in [0.3, 0.4) is 0 Å². The Labute approximate surface area is 97.4 Å². The minimum absolute atomic E-state index is 0.166. The van der Waals surface area contributed by atoms with Crippen molar-refractivity contribution in [2.45, 2.75) is 18.6 Å². The molecule has 2 unspecified atom stereocenters. The summed E-state index contributed by atoms with van der Waals surface area (Å²) in [6.45, 7) is 2.64. The topological polar surface area (TPSA) is 78.7 Å². The Bertz CT molecular complexity index is 398. The Morgan fingerprint density at radius 3 is 2.81 bits per heavy atom. The normalized spacial score (nSPS) is 13.8. The first kappa shape index (κ1) is 12.6. The van der Waals surface area contributed by atoms with E-state index in [9.17, 15) is 4.21 Å². The van der Waals surface area contributed by atoms with Gasteiger partial charge in [0.05, 0.1) is 12.4 Å². The lowest BCUT2D eigenvalue weighted by Crippen LogP contribution is -2.15. The molecule has 0 amide bonds. The van der Waals surface area contributed by atoms with Crippen LogP contribution < -0.4 is 5.32 Å². The first-order chi connectivity index (χ1) is 7.63. The zero-order valence-electron chi connectivity index (χ0n) is 9.30. The molecule has 1 N–H and O–H groups in total. The molecule has 2 atom stereocenters. The summed E-state index contributed by atoms with van der Waals surface area (Å²) in [5.41, 5.74) is 0.300. The molecule has 1 rings (SSSR count). The van der Waals surface area contributed by atoms with Gasteiger partial charge in [-0.25, -0.2) is 9.97 Å². The minimum Gasteiger partial charge on any atom is -0.369 e. The Hall–Kier alpha value is -1.48. The molecule has 0 aromatic carbocycles. The summed E-state index contributed by atoms with van der Waals surface area (Å²) in [4.78, 5) is 7.90. The van der Waals surface area contributed by atoms with Crippen LogP contribution in [0.25, 0.3) is 0 Å². The molecule has 5 nitrogen and oxygen atoms in total. The zero-order valence-corrected chi connectivity index (χ0v) is 10.1. The average molecular weight is 238 g/mol. The van der Waals surface area contributed by atoms with Gasteiger partial charge in [-0.3, -0.25) is 4.21 Å². The van der Waals surface area contributed by atoms with Gasteiger partial charge in [-0.1, -0.05) is 6.92 Å². The molecule has 6 heteroatoms. The molecule has 1 aromatic rings. The van der Waals surface area contributed by atoms with Crippen LogP contribution in [0, 0.1) is 11.3 Å². The van der Waals surface area contributed by atoms with E-state index in [0.29, 0.717) is 18.1 Å². The lowest BCUT2D eigenvalue weighted by atomic mass is 10.3. The third-order valence-corrected chi connectivity index (χ3v) is 3.56. The van der Waals surface area contributed by atoms with Crippen molar-refractivity contribution in [1.82, 2.24) is 9.97 Å². The third-order valence-electron chi connectivity index (χ3n) is 2.19. The van der Waals surface area contributed by atoms with E-state index >= 15 is 0 Å². The lowest BCUT2D eigenvalue weighted by Gasteiger charge is -2.09. The van der Waals surface area contributed by atoms with Gasteiger partial charge in [0.2, 0.25) is 0 Å². The van der Waals surface area contributed by atoms with Crippen molar-refractivity contribution < 1.29 is 4.21 Å².